The van der Waals surface area contributed by atoms with E-state index in [0.717, 1.165) is 0 Å². The van der Waals surface area contributed by atoms with E-state index in [2.05, 4.69) is 31.9 Å². The zero-order chi connectivity index (χ0) is 6.85. The summed E-state index contributed by atoms with van der Waals surface area (Å²) in [6.07, 6.45) is 5.37. The smallest absolute Gasteiger partial charge is 0.187 e. The van der Waals surface area contributed by atoms with Gasteiger partial charge < -0.3 is 0 Å². The van der Waals surface area contributed by atoms with Gasteiger partial charge in [0.05, 0.1) is 9.31 Å². The van der Waals surface area contributed by atoms with Crippen LogP contribution in [0.3, 0.4) is 0 Å². The Labute approximate surface area is 70.1 Å². The molecule has 0 saturated heterocycles. The molecular weight excluding hydrogens is 248 g/mol. The van der Waals surface area contributed by atoms with Gasteiger partial charge in [-0.05, 0) is 22.0 Å². The van der Waals surface area contributed by atoms with Crippen LogP contribution in [-0.4, -0.2) is 10.6 Å². The summed E-state index contributed by atoms with van der Waals surface area (Å²) in [4.78, 5) is 10.8. The highest BCUT2D eigenvalue weighted by molar-refractivity contribution is 9.12. The number of carbonyl (C=O) groups is 1. The highest BCUT2D eigenvalue weighted by Crippen LogP contribution is 2.18. The number of hydrogen-bond donors (Lipinski definition) is 0. The SMILES string of the molecule is O=C1C(Br)=CC=CC1Br. The summed E-state index contributed by atoms with van der Waals surface area (Å²) >= 11 is 6.31. The monoisotopic (exact) mass is 250 g/mol. The quantitative estimate of drug-likeness (QED) is 0.604. The number of rotatable bonds is 0. The molecule has 48 valence electrons. The van der Waals surface area contributed by atoms with Gasteiger partial charge in [0.15, 0.2) is 5.78 Å². The molecule has 1 aliphatic carbocycles. The molecular formula is C6H4Br2O. The lowest BCUT2D eigenvalue weighted by Crippen LogP contribution is -2.12. The van der Waals surface area contributed by atoms with Gasteiger partial charge in [0, 0.05) is 0 Å². The Balaban J connectivity index is 2.86. The van der Waals surface area contributed by atoms with E-state index in [0.29, 0.717) is 4.48 Å². The van der Waals surface area contributed by atoms with Gasteiger partial charge in [-0.15, -0.1) is 0 Å². The Hall–Kier alpha value is 0.110. The average Bonchev–Trinajstić information content (AvgIpc) is 1.83. The summed E-state index contributed by atoms with van der Waals surface area (Å²) in [6.45, 7) is 0. The third kappa shape index (κ3) is 1.52. The lowest BCUT2D eigenvalue weighted by molar-refractivity contribution is -0.113. The maximum atomic E-state index is 10.9. The molecule has 0 bridgehead atoms. The number of carbonyl (C=O) groups excluding carboxylic acids is 1. The van der Waals surface area contributed by atoms with Gasteiger partial charge in [0.25, 0.3) is 0 Å². The van der Waals surface area contributed by atoms with E-state index in [1.807, 2.05) is 6.08 Å². The summed E-state index contributed by atoms with van der Waals surface area (Å²) in [5, 5.41) is 0. The van der Waals surface area contributed by atoms with Crippen molar-refractivity contribution in [3.8, 4) is 0 Å². The molecule has 0 N–H and O–H groups in total. The van der Waals surface area contributed by atoms with Crippen LogP contribution in [0.25, 0.3) is 0 Å². The van der Waals surface area contributed by atoms with Crippen LogP contribution in [0.4, 0.5) is 0 Å². The minimum Gasteiger partial charge on any atom is -0.292 e. The van der Waals surface area contributed by atoms with E-state index in [4.69, 9.17) is 0 Å². The molecule has 1 atom stereocenters. The van der Waals surface area contributed by atoms with E-state index >= 15 is 0 Å². The molecule has 1 unspecified atom stereocenters. The van der Waals surface area contributed by atoms with Crippen molar-refractivity contribution >= 4 is 37.6 Å². The molecule has 0 aliphatic heterocycles. The maximum absolute atomic E-state index is 10.9. The van der Waals surface area contributed by atoms with Crippen LogP contribution in [0.5, 0.6) is 0 Å². The molecule has 0 saturated carbocycles. The van der Waals surface area contributed by atoms with Crippen molar-refractivity contribution in [1.29, 1.82) is 0 Å². The predicted octanol–water partition coefficient (Wildman–Crippen LogP) is 2.17. The Morgan fingerprint density at radius 2 is 2.22 bits per heavy atom. The number of allylic oxidation sites excluding steroid dienone is 4. The fraction of sp³-hybridized carbons (Fsp3) is 0.167. The molecule has 9 heavy (non-hydrogen) atoms. The highest BCUT2D eigenvalue weighted by atomic mass is 79.9. The normalized spacial score (nSPS) is 26.2. The summed E-state index contributed by atoms with van der Waals surface area (Å²) < 4.78 is 0.631. The van der Waals surface area contributed by atoms with Crippen molar-refractivity contribution in [3.63, 3.8) is 0 Å². The van der Waals surface area contributed by atoms with Crippen LogP contribution in [0, 0.1) is 0 Å². The van der Waals surface area contributed by atoms with Crippen LogP contribution in [0.1, 0.15) is 0 Å². The summed E-state index contributed by atoms with van der Waals surface area (Å²) in [7, 11) is 0. The third-order valence-electron chi connectivity index (χ3n) is 1.01. The lowest BCUT2D eigenvalue weighted by atomic mass is 10.2. The first-order valence-corrected chi connectivity index (χ1v) is 4.15. The molecule has 0 spiro atoms. The molecule has 3 heteroatoms. The number of ketones is 1. The molecule has 1 rings (SSSR count). The van der Waals surface area contributed by atoms with Crippen molar-refractivity contribution in [3.05, 3.63) is 22.7 Å². The number of Topliss-reactive ketones (excluding diaryl/α,β-unsaturated/α-hetero) is 1. The minimum atomic E-state index is -0.142. The second-order valence-corrected chi connectivity index (χ2v) is 3.51. The Morgan fingerprint density at radius 3 is 2.67 bits per heavy atom. The summed E-state index contributed by atoms with van der Waals surface area (Å²) in [5.41, 5.74) is 0. The second kappa shape index (κ2) is 2.80. The molecule has 0 aromatic rings. The zero-order valence-corrected chi connectivity index (χ0v) is 7.65. The van der Waals surface area contributed by atoms with Crippen LogP contribution in [0.2, 0.25) is 0 Å². The van der Waals surface area contributed by atoms with Crippen molar-refractivity contribution in [2.45, 2.75) is 4.83 Å². The summed E-state index contributed by atoms with van der Waals surface area (Å²) in [6, 6.07) is 0. The van der Waals surface area contributed by atoms with E-state index in [-0.39, 0.29) is 10.6 Å². The van der Waals surface area contributed by atoms with Crippen molar-refractivity contribution in [2.24, 2.45) is 0 Å². The molecule has 0 radical (unpaired) electrons. The van der Waals surface area contributed by atoms with Crippen molar-refractivity contribution in [2.75, 3.05) is 0 Å². The van der Waals surface area contributed by atoms with Gasteiger partial charge in [-0.25, -0.2) is 0 Å². The average molecular weight is 252 g/mol. The second-order valence-electron chi connectivity index (χ2n) is 1.67. The van der Waals surface area contributed by atoms with Gasteiger partial charge >= 0.3 is 0 Å². The molecule has 0 amide bonds. The van der Waals surface area contributed by atoms with Gasteiger partial charge in [-0.3, -0.25) is 4.79 Å². The molecule has 1 nitrogen and oxygen atoms in total. The highest BCUT2D eigenvalue weighted by Gasteiger charge is 2.16. The Morgan fingerprint density at radius 1 is 1.56 bits per heavy atom. The van der Waals surface area contributed by atoms with Crippen LogP contribution in [-0.2, 0) is 4.79 Å². The van der Waals surface area contributed by atoms with Crippen LogP contribution in [0.15, 0.2) is 22.7 Å². The minimum absolute atomic E-state index is 0.0810. The number of hydrogen-bond acceptors (Lipinski definition) is 1. The molecule has 0 heterocycles. The van der Waals surface area contributed by atoms with Crippen molar-refractivity contribution in [1.82, 2.24) is 0 Å². The third-order valence-corrected chi connectivity index (χ3v) is 2.38. The van der Waals surface area contributed by atoms with Crippen LogP contribution >= 0.6 is 31.9 Å². The van der Waals surface area contributed by atoms with Gasteiger partial charge in [0.2, 0.25) is 0 Å². The van der Waals surface area contributed by atoms with Gasteiger partial charge in [-0.2, -0.15) is 0 Å². The number of halogens is 2. The van der Waals surface area contributed by atoms with Crippen molar-refractivity contribution < 1.29 is 4.79 Å². The largest absolute Gasteiger partial charge is 0.292 e. The zero-order valence-electron chi connectivity index (χ0n) is 4.47. The van der Waals surface area contributed by atoms with E-state index in [9.17, 15) is 4.79 Å². The fourth-order valence-corrected chi connectivity index (χ4v) is 1.67. The van der Waals surface area contributed by atoms with Crippen LogP contribution < -0.4 is 0 Å². The molecule has 1 aliphatic rings. The first-order valence-electron chi connectivity index (χ1n) is 2.44. The molecule has 0 fully saturated rings. The molecule has 0 aromatic carbocycles. The number of alkyl halides is 1. The molecule has 0 aromatic heterocycles. The maximum Gasteiger partial charge on any atom is 0.187 e. The predicted molar refractivity (Wildman–Crippen MR) is 43.9 cm³/mol. The summed E-state index contributed by atoms with van der Waals surface area (Å²) in [5.74, 6) is 0.0810. The standard InChI is InChI=1S/C6H4Br2O/c7-4-2-1-3-5(8)6(4)9/h1-4H. The first-order chi connectivity index (χ1) is 4.22. The first kappa shape index (κ1) is 7.22. The van der Waals surface area contributed by atoms with E-state index in [1.165, 1.54) is 0 Å². The van der Waals surface area contributed by atoms with E-state index in [1.54, 1.807) is 12.2 Å². The van der Waals surface area contributed by atoms with Gasteiger partial charge in [-0.1, -0.05) is 28.1 Å². The fourth-order valence-electron chi connectivity index (χ4n) is 0.539. The lowest BCUT2D eigenvalue weighted by Gasteiger charge is -2.04. The van der Waals surface area contributed by atoms with E-state index < -0.39 is 0 Å². The topological polar surface area (TPSA) is 17.1 Å². The van der Waals surface area contributed by atoms with Gasteiger partial charge in [0.1, 0.15) is 0 Å². The Bertz CT molecular complexity index is 193. The Kier molecular flexibility index (Phi) is 2.24.